The fraction of sp³-hybridized carbons (Fsp3) is 0.167. The fourth-order valence-electron chi connectivity index (χ4n) is 2.56. The monoisotopic (exact) mass is 380 g/mol. The number of fused-ring (bicyclic) bond motifs is 1. The van der Waals surface area contributed by atoms with E-state index in [1.165, 1.54) is 17.8 Å². The average Bonchev–Trinajstić information content (AvgIpc) is 3.01. The van der Waals surface area contributed by atoms with E-state index in [9.17, 15) is 4.79 Å². The largest absolute Gasteiger partial charge is 0.423 e. The first-order valence-electron chi connectivity index (χ1n) is 8.23. The van der Waals surface area contributed by atoms with Gasteiger partial charge in [-0.25, -0.2) is 15.0 Å². The normalized spacial score (nSPS) is 11.0. The van der Waals surface area contributed by atoms with Crippen molar-refractivity contribution in [2.24, 2.45) is 0 Å². The Kier molecular flexibility index (Phi) is 4.59. The number of nitrogens with one attached hydrogen (secondary N) is 2. The molecular formula is C18H16N6O2S. The van der Waals surface area contributed by atoms with Gasteiger partial charge in [-0.15, -0.1) is 0 Å². The van der Waals surface area contributed by atoms with Gasteiger partial charge >= 0.3 is 6.01 Å². The van der Waals surface area contributed by atoms with Gasteiger partial charge in [0, 0.05) is 23.2 Å². The number of aromatic amines is 1. The summed E-state index contributed by atoms with van der Waals surface area (Å²) >= 11 is 1.43. The zero-order chi connectivity index (χ0) is 18.8. The SMILES string of the molecule is Cc1cc(C)nc(SCc2cc(=O)[nH]c(Nc3nc4ccccc4o3)n2)n1. The Morgan fingerprint density at radius 1 is 1.07 bits per heavy atom. The van der Waals surface area contributed by atoms with Crippen LogP contribution in [0.1, 0.15) is 17.1 Å². The number of anilines is 2. The van der Waals surface area contributed by atoms with Crippen LogP contribution in [0.25, 0.3) is 11.1 Å². The van der Waals surface area contributed by atoms with Crippen LogP contribution in [-0.4, -0.2) is 24.9 Å². The van der Waals surface area contributed by atoms with Crippen molar-refractivity contribution < 1.29 is 4.42 Å². The Morgan fingerprint density at radius 2 is 1.85 bits per heavy atom. The summed E-state index contributed by atoms with van der Waals surface area (Å²) in [6.07, 6.45) is 0. The van der Waals surface area contributed by atoms with Gasteiger partial charge in [0.1, 0.15) is 5.52 Å². The van der Waals surface area contributed by atoms with Crippen molar-refractivity contribution in [1.29, 1.82) is 0 Å². The van der Waals surface area contributed by atoms with Crippen LogP contribution >= 0.6 is 11.8 Å². The standard InChI is InChI=1S/C18H16N6O2S/c1-10-7-11(2)20-18(19-10)27-9-12-8-15(25)23-16(21-12)24-17-22-13-5-3-4-6-14(13)26-17/h3-8H,9H2,1-2H3,(H2,21,22,23,24,25). The molecule has 8 nitrogen and oxygen atoms in total. The molecule has 0 fully saturated rings. The van der Waals surface area contributed by atoms with Gasteiger partial charge in [-0.3, -0.25) is 15.1 Å². The molecule has 0 aliphatic carbocycles. The average molecular weight is 380 g/mol. The lowest BCUT2D eigenvalue weighted by Crippen LogP contribution is -2.12. The molecule has 3 aromatic heterocycles. The number of nitrogens with zero attached hydrogens (tertiary/aromatic N) is 4. The molecule has 27 heavy (non-hydrogen) atoms. The van der Waals surface area contributed by atoms with E-state index in [0.29, 0.717) is 22.2 Å². The third kappa shape index (κ3) is 4.14. The molecule has 0 aliphatic rings. The second-order valence-electron chi connectivity index (χ2n) is 5.92. The van der Waals surface area contributed by atoms with Crippen molar-refractivity contribution in [2.75, 3.05) is 5.32 Å². The predicted molar refractivity (Wildman–Crippen MR) is 103 cm³/mol. The lowest BCUT2D eigenvalue weighted by atomic mass is 10.3. The molecule has 0 unspecified atom stereocenters. The molecular weight excluding hydrogens is 364 g/mol. The van der Waals surface area contributed by atoms with Crippen LogP contribution in [0.15, 0.2) is 50.8 Å². The van der Waals surface area contributed by atoms with Gasteiger partial charge in [0.25, 0.3) is 5.56 Å². The van der Waals surface area contributed by atoms with Crippen LogP contribution < -0.4 is 10.9 Å². The van der Waals surface area contributed by atoms with Gasteiger partial charge in [0.05, 0.1) is 5.69 Å². The molecule has 4 aromatic rings. The van der Waals surface area contributed by atoms with E-state index in [-0.39, 0.29) is 17.5 Å². The van der Waals surface area contributed by atoms with E-state index in [4.69, 9.17) is 4.42 Å². The van der Waals surface area contributed by atoms with Gasteiger partial charge in [-0.1, -0.05) is 23.9 Å². The third-order valence-electron chi connectivity index (χ3n) is 3.62. The van der Waals surface area contributed by atoms with Crippen LogP contribution in [0.4, 0.5) is 12.0 Å². The number of aromatic nitrogens is 5. The smallest absolute Gasteiger partial charge is 0.302 e. The van der Waals surface area contributed by atoms with Crippen LogP contribution in [0, 0.1) is 13.8 Å². The van der Waals surface area contributed by atoms with Crippen molar-refractivity contribution in [2.45, 2.75) is 24.8 Å². The molecule has 0 bridgehead atoms. The molecule has 3 heterocycles. The molecule has 0 spiro atoms. The van der Waals surface area contributed by atoms with Crippen LogP contribution in [-0.2, 0) is 5.75 Å². The quantitative estimate of drug-likeness (QED) is 0.401. The van der Waals surface area contributed by atoms with Crippen LogP contribution in [0.5, 0.6) is 0 Å². The summed E-state index contributed by atoms with van der Waals surface area (Å²) in [5.74, 6) is 0.737. The Morgan fingerprint density at radius 3 is 2.63 bits per heavy atom. The molecule has 0 atom stereocenters. The van der Waals surface area contributed by atoms with Gasteiger partial charge in [0.15, 0.2) is 10.7 Å². The van der Waals surface area contributed by atoms with Crippen LogP contribution in [0.2, 0.25) is 0 Å². The first-order chi connectivity index (χ1) is 13.0. The number of H-pyrrole nitrogens is 1. The molecule has 4 rings (SSSR count). The number of hydrogen-bond donors (Lipinski definition) is 2. The zero-order valence-electron chi connectivity index (χ0n) is 14.7. The minimum atomic E-state index is -0.263. The Balaban J connectivity index is 1.53. The van der Waals surface area contributed by atoms with E-state index in [2.05, 4.69) is 30.2 Å². The third-order valence-corrected chi connectivity index (χ3v) is 4.51. The first kappa shape index (κ1) is 17.2. The number of thioether (sulfide) groups is 1. The highest BCUT2D eigenvalue weighted by atomic mass is 32.2. The summed E-state index contributed by atoms with van der Waals surface area (Å²) in [6, 6.07) is 11.0. The molecule has 0 saturated heterocycles. The molecule has 0 saturated carbocycles. The van der Waals surface area contributed by atoms with Gasteiger partial charge in [-0.05, 0) is 32.0 Å². The van der Waals surface area contributed by atoms with Crippen molar-refractivity contribution in [3.05, 3.63) is 63.8 Å². The molecule has 136 valence electrons. The predicted octanol–water partition coefficient (Wildman–Crippen LogP) is 3.35. The number of oxazole rings is 1. The second-order valence-corrected chi connectivity index (χ2v) is 6.86. The van der Waals surface area contributed by atoms with Gasteiger partial charge in [-0.2, -0.15) is 4.98 Å². The molecule has 0 amide bonds. The van der Waals surface area contributed by atoms with Crippen molar-refractivity contribution in [3.63, 3.8) is 0 Å². The Bertz CT molecular complexity index is 1120. The fourth-order valence-corrected chi connectivity index (χ4v) is 3.41. The molecule has 1 aromatic carbocycles. The highest BCUT2D eigenvalue weighted by Crippen LogP contribution is 2.21. The van der Waals surface area contributed by atoms with E-state index in [1.54, 1.807) is 0 Å². The van der Waals surface area contributed by atoms with Gasteiger partial charge in [0.2, 0.25) is 5.95 Å². The maximum absolute atomic E-state index is 12.0. The Hall–Kier alpha value is -3.20. The van der Waals surface area contributed by atoms with Crippen LogP contribution in [0.3, 0.4) is 0 Å². The van der Waals surface area contributed by atoms with E-state index in [1.807, 2.05) is 44.2 Å². The highest BCUT2D eigenvalue weighted by Gasteiger charge is 2.09. The van der Waals surface area contributed by atoms with Gasteiger partial charge < -0.3 is 4.42 Å². The molecule has 2 N–H and O–H groups in total. The van der Waals surface area contributed by atoms with E-state index in [0.717, 1.165) is 16.9 Å². The minimum Gasteiger partial charge on any atom is -0.423 e. The number of aryl methyl sites for hydroxylation is 2. The summed E-state index contributed by atoms with van der Waals surface area (Å²) < 4.78 is 5.60. The summed E-state index contributed by atoms with van der Waals surface area (Å²) in [6.45, 7) is 3.85. The topological polar surface area (TPSA) is 110 Å². The number of para-hydroxylation sites is 2. The minimum absolute atomic E-state index is 0.263. The van der Waals surface area contributed by atoms with Crippen molar-refractivity contribution >= 4 is 34.8 Å². The first-order valence-corrected chi connectivity index (χ1v) is 9.22. The number of benzene rings is 1. The van der Waals surface area contributed by atoms with Crippen molar-refractivity contribution in [3.8, 4) is 0 Å². The summed E-state index contributed by atoms with van der Waals surface area (Å²) in [7, 11) is 0. The number of rotatable bonds is 5. The van der Waals surface area contributed by atoms with E-state index >= 15 is 0 Å². The highest BCUT2D eigenvalue weighted by molar-refractivity contribution is 7.98. The summed E-state index contributed by atoms with van der Waals surface area (Å²) in [5.41, 5.74) is 3.53. The number of hydrogen-bond acceptors (Lipinski definition) is 8. The lowest BCUT2D eigenvalue weighted by Gasteiger charge is -2.05. The van der Waals surface area contributed by atoms with E-state index < -0.39 is 0 Å². The Labute approximate surface area is 158 Å². The maximum Gasteiger partial charge on any atom is 0.302 e. The summed E-state index contributed by atoms with van der Waals surface area (Å²) in [4.78, 5) is 32.1. The lowest BCUT2D eigenvalue weighted by molar-refractivity contribution is 0.621. The van der Waals surface area contributed by atoms with Crippen molar-refractivity contribution in [1.82, 2.24) is 24.9 Å². The molecule has 9 heteroatoms. The second kappa shape index (κ2) is 7.20. The molecule has 0 radical (unpaired) electrons. The maximum atomic E-state index is 12.0. The zero-order valence-corrected chi connectivity index (χ0v) is 15.5. The molecule has 0 aliphatic heterocycles. The summed E-state index contributed by atoms with van der Waals surface area (Å²) in [5, 5.41) is 3.56.